The molecule has 5 heteroatoms. The molecule has 0 aromatic heterocycles. The van der Waals surface area contributed by atoms with Crippen LogP contribution in [0, 0.1) is 11.3 Å². The summed E-state index contributed by atoms with van der Waals surface area (Å²) in [5.74, 6) is -0.0644. The highest BCUT2D eigenvalue weighted by molar-refractivity contribution is 5.92. The number of carbonyl (C=O) groups excluding carboxylic acids is 1. The summed E-state index contributed by atoms with van der Waals surface area (Å²) in [5.41, 5.74) is 1.03. The van der Waals surface area contributed by atoms with Gasteiger partial charge in [0.15, 0.2) is 0 Å². The summed E-state index contributed by atoms with van der Waals surface area (Å²) in [7, 11) is 1.72. The number of benzene rings is 1. The molecule has 0 radical (unpaired) electrons. The highest BCUT2D eigenvalue weighted by Gasteiger charge is 2.31. The van der Waals surface area contributed by atoms with Crippen molar-refractivity contribution in [2.45, 2.75) is 25.4 Å². The summed E-state index contributed by atoms with van der Waals surface area (Å²) in [6.07, 6.45) is 2.05. The maximum absolute atomic E-state index is 12.1. The molecule has 1 fully saturated rings. The molecule has 1 aliphatic heterocycles. The van der Waals surface area contributed by atoms with Crippen LogP contribution in [0.4, 0.5) is 5.69 Å². The monoisotopic (exact) mass is 287 g/mol. The fourth-order valence-corrected chi connectivity index (χ4v) is 2.68. The first-order valence-electron chi connectivity index (χ1n) is 7.12. The van der Waals surface area contributed by atoms with Crippen LogP contribution in [0.5, 0.6) is 0 Å². The van der Waals surface area contributed by atoms with Gasteiger partial charge in [-0.1, -0.05) is 6.07 Å². The zero-order chi connectivity index (χ0) is 15.3. The van der Waals surface area contributed by atoms with Crippen molar-refractivity contribution in [2.75, 3.05) is 32.1 Å². The van der Waals surface area contributed by atoms with Gasteiger partial charge in [0.1, 0.15) is 0 Å². The molecule has 1 amide bonds. The van der Waals surface area contributed by atoms with Crippen molar-refractivity contribution >= 4 is 11.6 Å². The molecule has 2 rings (SSSR count). The highest BCUT2D eigenvalue weighted by Crippen LogP contribution is 2.23. The predicted octanol–water partition coefficient (Wildman–Crippen LogP) is 2.00. The lowest BCUT2D eigenvalue weighted by atomic mass is 9.95. The largest absolute Gasteiger partial charge is 0.377 e. The second kappa shape index (κ2) is 6.70. The van der Waals surface area contributed by atoms with Crippen molar-refractivity contribution in [3.63, 3.8) is 0 Å². The Hall–Kier alpha value is -1.90. The minimum Gasteiger partial charge on any atom is -0.377 e. The number of likely N-dealkylation sites (tertiary alicyclic amines) is 1. The molecule has 1 saturated heterocycles. The Morgan fingerprint density at radius 1 is 1.57 bits per heavy atom. The molecule has 1 N–H and O–H groups in total. The van der Waals surface area contributed by atoms with Crippen molar-refractivity contribution in [1.82, 2.24) is 4.90 Å². The molecule has 1 atom stereocenters. The van der Waals surface area contributed by atoms with Gasteiger partial charge >= 0.3 is 0 Å². The summed E-state index contributed by atoms with van der Waals surface area (Å²) in [5, 5.41) is 11.7. The molecular weight excluding hydrogens is 266 g/mol. The van der Waals surface area contributed by atoms with Gasteiger partial charge < -0.3 is 10.1 Å². The third-order valence-electron chi connectivity index (χ3n) is 3.87. The average molecular weight is 287 g/mol. The summed E-state index contributed by atoms with van der Waals surface area (Å²) in [6, 6.07) is 9.00. The van der Waals surface area contributed by atoms with Gasteiger partial charge in [-0.25, -0.2) is 0 Å². The number of hydrogen-bond donors (Lipinski definition) is 1. The van der Waals surface area contributed by atoms with Gasteiger partial charge in [-0.3, -0.25) is 9.69 Å². The second-order valence-corrected chi connectivity index (χ2v) is 5.71. The van der Waals surface area contributed by atoms with Crippen LogP contribution in [0.2, 0.25) is 0 Å². The molecule has 1 aromatic carbocycles. The maximum atomic E-state index is 12.1. The molecular formula is C16H21N3O2. The summed E-state index contributed by atoms with van der Waals surface area (Å²) in [4.78, 5) is 14.2. The third-order valence-corrected chi connectivity index (χ3v) is 3.87. The van der Waals surface area contributed by atoms with E-state index in [0.717, 1.165) is 25.9 Å². The van der Waals surface area contributed by atoms with Crippen LogP contribution in [0.25, 0.3) is 0 Å². The lowest BCUT2D eigenvalue weighted by Gasteiger charge is -2.39. The maximum Gasteiger partial charge on any atom is 0.238 e. The molecule has 0 saturated carbocycles. The smallest absolute Gasteiger partial charge is 0.238 e. The summed E-state index contributed by atoms with van der Waals surface area (Å²) >= 11 is 0. The number of nitrogens with one attached hydrogen (secondary N) is 1. The van der Waals surface area contributed by atoms with E-state index in [-0.39, 0.29) is 11.5 Å². The first kappa shape index (κ1) is 15.5. The average Bonchev–Trinajstić information content (AvgIpc) is 2.47. The Labute approximate surface area is 125 Å². The molecule has 1 unspecified atom stereocenters. The molecule has 1 aromatic rings. The molecule has 1 heterocycles. The van der Waals surface area contributed by atoms with E-state index in [4.69, 9.17) is 10.00 Å². The summed E-state index contributed by atoms with van der Waals surface area (Å²) < 4.78 is 5.53. The van der Waals surface area contributed by atoms with E-state index in [0.29, 0.717) is 17.8 Å². The first-order chi connectivity index (χ1) is 10.0. The standard InChI is InChI=1S/C16H21N3O2/c1-16(21-2)7-4-8-19(12-16)11-15(20)18-14-6-3-5-13(9-14)10-17/h3,5-6,9H,4,7-8,11-12H2,1-2H3,(H,18,20). The number of nitriles is 1. The van der Waals surface area contributed by atoms with E-state index in [1.807, 2.05) is 0 Å². The number of anilines is 1. The lowest BCUT2D eigenvalue weighted by Crippen LogP contribution is -2.49. The van der Waals surface area contributed by atoms with Crippen LogP contribution in [0.3, 0.4) is 0 Å². The van der Waals surface area contributed by atoms with Crippen molar-refractivity contribution in [1.29, 1.82) is 5.26 Å². The Morgan fingerprint density at radius 3 is 3.10 bits per heavy atom. The van der Waals surface area contributed by atoms with E-state index >= 15 is 0 Å². The second-order valence-electron chi connectivity index (χ2n) is 5.71. The minimum atomic E-state index is -0.167. The fraction of sp³-hybridized carbons (Fsp3) is 0.500. The van der Waals surface area contributed by atoms with Crippen LogP contribution < -0.4 is 5.32 Å². The van der Waals surface area contributed by atoms with Gasteiger partial charge in [-0.2, -0.15) is 5.26 Å². The quantitative estimate of drug-likeness (QED) is 0.920. The molecule has 0 bridgehead atoms. The van der Waals surface area contributed by atoms with E-state index in [2.05, 4.69) is 23.2 Å². The molecule has 0 aliphatic carbocycles. The molecule has 0 spiro atoms. The minimum absolute atomic E-state index is 0.0644. The lowest BCUT2D eigenvalue weighted by molar-refractivity contribution is -0.119. The zero-order valence-electron chi connectivity index (χ0n) is 12.6. The normalized spacial score (nSPS) is 22.5. The number of methoxy groups -OCH3 is 1. The van der Waals surface area contributed by atoms with Gasteiger partial charge in [-0.05, 0) is 44.5 Å². The Balaban J connectivity index is 1.91. The number of nitrogens with zero attached hydrogens (tertiary/aromatic N) is 2. The molecule has 5 nitrogen and oxygen atoms in total. The zero-order valence-corrected chi connectivity index (χ0v) is 12.6. The number of carbonyl (C=O) groups is 1. The van der Waals surface area contributed by atoms with Crippen LogP contribution in [-0.4, -0.2) is 43.2 Å². The molecule has 21 heavy (non-hydrogen) atoms. The molecule has 1 aliphatic rings. The van der Waals surface area contributed by atoms with Crippen molar-refractivity contribution in [2.24, 2.45) is 0 Å². The van der Waals surface area contributed by atoms with Gasteiger partial charge in [0.2, 0.25) is 5.91 Å². The van der Waals surface area contributed by atoms with Gasteiger partial charge in [0.05, 0.1) is 23.8 Å². The number of piperidine rings is 1. The SMILES string of the molecule is COC1(C)CCCN(CC(=O)Nc2cccc(C#N)c2)C1. The van der Waals surface area contributed by atoms with Crippen molar-refractivity contribution in [3.8, 4) is 6.07 Å². The number of ether oxygens (including phenoxy) is 1. The van der Waals surface area contributed by atoms with Crippen molar-refractivity contribution < 1.29 is 9.53 Å². The number of hydrogen-bond acceptors (Lipinski definition) is 4. The third kappa shape index (κ3) is 4.28. The van der Waals surface area contributed by atoms with E-state index in [1.165, 1.54) is 0 Å². The Bertz CT molecular complexity index is 553. The molecule has 112 valence electrons. The highest BCUT2D eigenvalue weighted by atomic mass is 16.5. The number of amides is 1. The Kier molecular flexibility index (Phi) is 4.94. The first-order valence-corrected chi connectivity index (χ1v) is 7.12. The van der Waals surface area contributed by atoms with Crippen LogP contribution in [0.15, 0.2) is 24.3 Å². The van der Waals surface area contributed by atoms with Crippen molar-refractivity contribution in [3.05, 3.63) is 29.8 Å². The topological polar surface area (TPSA) is 65.4 Å². The fourth-order valence-electron chi connectivity index (χ4n) is 2.68. The van der Waals surface area contributed by atoms with Gasteiger partial charge in [-0.15, -0.1) is 0 Å². The van der Waals surface area contributed by atoms with E-state index in [1.54, 1.807) is 31.4 Å². The van der Waals surface area contributed by atoms with Crippen LogP contribution in [0.1, 0.15) is 25.3 Å². The number of rotatable bonds is 4. The summed E-state index contributed by atoms with van der Waals surface area (Å²) in [6.45, 7) is 4.09. The predicted molar refractivity (Wildman–Crippen MR) is 80.9 cm³/mol. The van der Waals surface area contributed by atoms with Gasteiger partial charge in [0, 0.05) is 19.3 Å². The van der Waals surface area contributed by atoms with Gasteiger partial charge in [0.25, 0.3) is 0 Å². The van der Waals surface area contributed by atoms with E-state index in [9.17, 15) is 4.79 Å². The van der Waals surface area contributed by atoms with Crippen LogP contribution in [-0.2, 0) is 9.53 Å². The van der Waals surface area contributed by atoms with Crippen LogP contribution >= 0.6 is 0 Å². The van der Waals surface area contributed by atoms with E-state index < -0.39 is 0 Å². The Morgan fingerprint density at radius 2 is 2.38 bits per heavy atom.